The summed E-state index contributed by atoms with van der Waals surface area (Å²) < 4.78 is 8.46. The first kappa shape index (κ1) is 27.9. The number of rotatable bonds is 9. The molecule has 11 heteroatoms. The van der Waals surface area contributed by atoms with Crippen LogP contribution in [0, 0.1) is 5.21 Å². The summed E-state index contributed by atoms with van der Waals surface area (Å²) in [5, 5.41) is 12.5. The topological polar surface area (TPSA) is 131 Å². The summed E-state index contributed by atoms with van der Waals surface area (Å²) >= 11 is 0. The molecule has 1 amide bonds. The Bertz CT molecular complexity index is 1860. The van der Waals surface area contributed by atoms with Gasteiger partial charge in [-0.2, -0.15) is 0 Å². The van der Waals surface area contributed by atoms with Crippen molar-refractivity contribution in [1.29, 1.82) is 0 Å². The van der Waals surface area contributed by atoms with Gasteiger partial charge in [0, 0.05) is 31.7 Å². The van der Waals surface area contributed by atoms with Crippen LogP contribution in [0.5, 0.6) is 11.5 Å². The number of quaternary nitrogens is 1. The van der Waals surface area contributed by atoms with Crippen molar-refractivity contribution in [3.05, 3.63) is 113 Å². The molecule has 0 radical (unpaired) electrons. The summed E-state index contributed by atoms with van der Waals surface area (Å²) in [6, 6.07) is 23.6. The first-order valence-corrected chi connectivity index (χ1v) is 13.9. The molecule has 1 unspecified atom stereocenters. The number of benzene rings is 3. The van der Waals surface area contributed by atoms with Crippen molar-refractivity contribution in [3.8, 4) is 22.9 Å². The summed E-state index contributed by atoms with van der Waals surface area (Å²) in [6.45, 7) is 0.254. The SMILES string of the molecule is CN(C(=O)/C=C/C[N+](C)([O-])C1CC1)c1ccc(-n2c(=O)n(-c3ccc(Oc4ccccc4)cc3)c3c(N)ncnc32)cc1. The van der Waals surface area contributed by atoms with Crippen LogP contribution in [0.3, 0.4) is 0 Å². The number of aromatic nitrogens is 4. The minimum atomic E-state index is -0.381. The monoisotopic (exact) mass is 577 g/mol. The third-order valence-corrected chi connectivity index (χ3v) is 7.60. The zero-order valence-corrected chi connectivity index (χ0v) is 23.8. The van der Waals surface area contributed by atoms with Gasteiger partial charge >= 0.3 is 5.69 Å². The predicted octanol–water partition coefficient (Wildman–Crippen LogP) is 4.57. The number of fused-ring (bicyclic) bond motifs is 1. The van der Waals surface area contributed by atoms with E-state index < -0.39 is 0 Å². The van der Waals surface area contributed by atoms with Gasteiger partial charge in [-0.1, -0.05) is 18.2 Å². The molecule has 1 atom stereocenters. The summed E-state index contributed by atoms with van der Waals surface area (Å²) in [5.41, 5.74) is 8.32. The van der Waals surface area contributed by atoms with Crippen LogP contribution in [0.4, 0.5) is 11.5 Å². The third kappa shape index (κ3) is 5.63. The summed E-state index contributed by atoms with van der Waals surface area (Å²) in [7, 11) is 3.30. The van der Waals surface area contributed by atoms with Crippen molar-refractivity contribution >= 4 is 28.6 Å². The Morgan fingerprint density at radius 2 is 1.63 bits per heavy atom. The highest BCUT2D eigenvalue weighted by Crippen LogP contribution is 2.31. The lowest BCUT2D eigenvalue weighted by Gasteiger charge is -2.38. The van der Waals surface area contributed by atoms with Gasteiger partial charge in [-0.15, -0.1) is 0 Å². The second-order valence-electron chi connectivity index (χ2n) is 10.7. The molecule has 1 fully saturated rings. The fraction of sp³-hybridized carbons (Fsp3) is 0.188. The van der Waals surface area contributed by atoms with Crippen molar-refractivity contribution in [2.24, 2.45) is 0 Å². The number of para-hydroxylation sites is 1. The van der Waals surface area contributed by atoms with Gasteiger partial charge in [0.15, 0.2) is 11.5 Å². The molecule has 218 valence electrons. The van der Waals surface area contributed by atoms with Gasteiger partial charge in [0.25, 0.3) is 5.91 Å². The molecule has 3 aromatic carbocycles. The standard InChI is InChI=1S/C32H31N7O4/c1-36(28(40)9-6-20-39(2,42)25-16-17-25)22-10-12-24(13-11-22)38-31-29(30(33)34-21-35-31)37(32(38)41)23-14-18-27(19-15-23)43-26-7-4-3-5-8-26/h3-15,18-19,21,25H,16-17,20H2,1-2H3,(H2,33,34,35)/b9-6+. The number of nitrogen functional groups attached to an aromatic ring is 1. The molecule has 11 nitrogen and oxygen atoms in total. The van der Waals surface area contributed by atoms with Crippen LogP contribution in [0.15, 0.2) is 102 Å². The number of carbonyl (C=O) groups is 1. The molecular formula is C32H31N7O4. The van der Waals surface area contributed by atoms with Gasteiger partial charge in [-0.3, -0.25) is 9.36 Å². The minimum Gasteiger partial charge on any atom is -0.633 e. The summed E-state index contributed by atoms with van der Waals surface area (Å²) in [4.78, 5) is 36.6. The van der Waals surface area contributed by atoms with E-state index in [0.717, 1.165) is 12.8 Å². The van der Waals surface area contributed by atoms with E-state index in [0.29, 0.717) is 39.7 Å². The number of nitrogens with zero attached hydrogens (tertiary/aromatic N) is 6. The molecule has 1 aliphatic rings. The average molecular weight is 578 g/mol. The number of amides is 1. The number of hydrogen-bond acceptors (Lipinski definition) is 7. The molecule has 2 heterocycles. The van der Waals surface area contributed by atoms with Crippen LogP contribution in [-0.2, 0) is 4.79 Å². The zero-order valence-electron chi connectivity index (χ0n) is 23.8. The van der Waals surface area contributed by atoms with Crippen LogP contribution >= 0.6 is 0 Å². The maximum atomic E-state index is 13.9. The Labute approximate surface area is 247 Å². The van der Waals surface area contributed by atoms with Gasteiger partial charge in [0.05, 0.1) is 31.0 Å². The first-order chi connectivity index (χ1) is 20.7. The lowest BCUT2D eigenvalue weighted by molar-refractivity contribution is -0.865. The molecule has 6 rings (SSSR count). The second-order valence-corrected chi connectivity index (χ2v) is 10.7. The molecule has 2 N–H and O–H groups in total. The molecule has 2 aromatic heterocycles. The van der Waals surface area contributed by atoms with Crippen LogP contribution in [0.2, 0.25) is 0 Å². The van der Waals surface area contributed by atoms with E-state index >= 15 is 0 Å². The number of anilines is 2. The lowest BCUT2D eigenvalue weighted by atomic mass is 10.2. The first-order valence-electron chi connectivity index (χ1n) is 13.9. The van der Waals surface area contributed by atoms with Crippen molar-refractivity contribution in [2.75, 3.05) is 31.3 Å². The third-order valence-electron chi connectivity index (χ3n) is 7.60. The van der Waals surface area contributed by atoms with Gasteiger partial charge < -0.3 is 25.2 Å². The fourth-order valence-corrected chi connectivity index (χ4v) is 5.00. The highest BCUT2D eigenvalue weighted by atomic mass is 16.5. The maximum absolute atomic E-state index is 13.9. The van der Waals surface area contributed by atoms with Crippen LogP contribution < -0.4 is 21.1 Å². The molecule has 0 aliphatic heterocycles. The summed E-state index contributed by atoms with van der Waals surface area (Å²) in [6.07, 6.45) is 6.25. The van der Waals surface area contributed by atoms with Gasteiger partial charge in [0.2, 0.25) is 0 Å². The highest BCUT2D eigenvalue weighted by molar-refractivity contribution is 6.01. The van der Waals surface area contributed by atoms with E-state index in [1.165, 1.54) is 26.4 Å². The van der Waals surface area contributed by atoms with Crippen molar-refractivity contribution in [3.63, 3.8) is 0 Å². The molecule has 0 saturated heterocycles. The number of imidazole rings is 1. The number of likely N-dealkylation sites (N-methyl/N-ethyl adjacent to an activating group) is 2. The highest BCUT2D eigenvalue weighted by Gasteiger charge is 2.34. The van der Waals surface area contributed by atoms with E-state index in [4.69, 9.17) is 10.5 Å². The van der Waals surface area contributed by atoms with E-state index in [9.17, 15) is 14.8 Å². The number of nitrogens with two attached hydrogens (primary N) is 1. The van der Waals surface area contributed by atoms with Crippen molar-refractivity contribution in [2.45, 2.75) is 18.9 Å². The Hall–Kier alpha value is -5.26. The van der Waals surface area contributed by atoms with Crippen LogP contribution in [0.1, 0.15) is 12.8 Å². The molecule has 5 aromatic rings. The molecule has 43 heavy (non-hydrogen) atoms. The van der Waals surface area contributed by atoms with Crippen molar-refractivity contribution < 1.29 is 14.2 Å². The number of hydrogen-bond donors (Lipinski definition) is 1. The van der Waals surface area contributed by atoms with E-state index in [2.05, 4.69) is 9.97 Å². The number of ether oxygens (including phenoxy) is 1. The van der Waals surface area contributed by atoms with Gasteiger partial charge in [-0.05, 0) is 66.7 Å². The fourth-order valence-electron chi connectivity index (χ4n) is 5.00. The van der Waals surface area contributed by atoms with E-state index in [-0.39, 0.29) is 34.6 Å². The largest absolute Gasteiger partial charge is 0.633 e. The quantitative estimate of drug-likeness (QED) is 0.154. The normalized spacial score (nSPS) is 14.6. The van der Waals surface area contributed by atoms with Gasteiger partial charge in [0.1, 0.15) is 23.3 Å². The Morgan fingerprint density at radius 1 is 1.00 bits per heavy atom. The number of hydroxylamine groups is 3. The smallest absolute Gasteiger partial charge is 0.339 e. The second kappa shape index (κ2) is 11.2. The molecular weight excluding hydrogens is 546 g/mol. The van der Waals surface area contributed by atoms with Gasteiger partial charge in [-0.25, -0.2) is 19.3 Å². The average Bonchev–Trinajstić information content (AvgIpc) is 3.83. The van der Waals surface area contributed by atoms with E-state index in [1.54, 1.807) is 68.7 Å². The van der Waals surface area contributed by atoms with Crippen LogP contribution in [-0.4, -0.2) is 56.3 Å². The van der Waals surface area contributed by atoms with Crippen molar-refractivity contribution in [1.82, 2.24) is 19.1 Å². The molecule has 0 bridgehead atoms. The predicted molar refractivity (Wildman–Crippen MR) is 165 cm³/mol. The maximum Gasteiger partial charge on any atom is 0.339 e. The summed E-state index contributed by atoms with van der Waals surface area (Å²) in [5.74, 6) is 1.22. The Morgan fingerprint density at radius 3 is 2.30 bits per heavy atom. The Balaban J connectivity index is 1.27. The number of carbonyl (C=O) groups excluding carboxylic acids is 1. The zero-order chi connectivity index (χ0) is 30.1. The molecule has 1 saturated carbocycles. The Kier molecular flexibility index (Phi) is 7.26. The molecule has 1 aliphatic carbocycles. The molecule has 0 spiro atoms. The minimum absolute atomic E-state index is 0.132. The van der Waals surface area contributed by atoms with E-state index in [1.807, 2.05) is 30.3 Å². The lowest BCUT2D eigenvalue weighted by Crippen LogP contribution is -2.40. The van der Waals surface area contributed by atoms with Crippen LogP contribution in [0.25, 0.3) is 22.5 Å².